The number of aliphatic imine (C=N–C) groups is 1. The number of alkyl halides is 1. The predicted octanol–water partition coefficient (Wildman–Crippen LogP) is 5.61. The van der Waals surface area contributed by atoms with Crippen LogP contribution in [-0.4, -0.2) is 68.7 Å². The van der Waals surface area contributed by atoms with Crippen molar-refractivity contribution < 1.29 is 23.4 Å². The van der Waals surface area contributed by atoms with Crippen LogP contribution in [0.4, 0.5) is 15.8 Å². The Hall–Kier alpha value is -4.42. The highest BCUT2D eigenvalue weighted by atomic mass is 19.1. The first-order valence-corrected chi connectivity index (χ1v) is 13.7. The number of amides is 1. The van der Waals surface area contributed by atoms with E-state index in [4.69, 9.17) is 9.15 Å². The van der Waals surface area contributed by atoms with Gasteiger partial charge >= 0.3 is 0 Å². The van der Waals surface area contributed by atoms with Gasteiger partial charge in [-0.2, -0.15) is 5.26 Å². The van der Waals surface area contributed by atoms with Gasteiger partial charge in [0.25, 0.3) is 5.91 Å². The fraction of sp³-hybridized carbons (Fsp3) is 0.344. The Balaban J connectivity index is 1.46. The first kappa shape index (κ1) is 28.1. The van der Waals surface area contributed by atoms with E-state index in [2.05, 4.69) is 17.8 Å². The summed E-state index contributed by atoms with van der Waals surface area (Å²) >= 11 is 0. The minimum absolute atomic E-state index is 0.0701. The van der Waals surface area contributed by atoms with Crippen molar-refractivity contribution in [3.63, 3.8) is 0 Å². The number of anilines is 1. The maximum Gasteiger partial charge on any atom is 0.253 e. The van der Waals surface area contributed by atoms with Crippen LogP contribution < -0.4 is 9.64 Å². The zero-order valence-corrected chi connectivity index (χ0v) is 23.3. The Morgan fingerprint density at radius 3 is 2.66 bits per heavy atom. The molecule has 2 saturated heterocycles. The summed E-state index contributed by atoms with van der Waals surface area (Å²) < 4.78 is 25.8. The Morgan fingerprint density at radius 2 is 2.02 bits per heavy atom. The molecule has 1 amide bonds. The van der Waals surface area contributed by atoms with E-state index in [1.165, 1.54) is 7.11 Å². The van der Waals surface area contributed by atoms with Crippen molar-refractivity contribution in [3.05, 3.63) is 71.0 Å². The van der Waals surface area contributed by atoms with Crippen molar-refractivity contribution in [2.75, 3.05) is 44.8 Å². The molecule has 1 aromatic heterocycles. The summed E-state index contributed by atoms with van der Waals surface area (Å²) in [7, 11) is 1.54. The van der Waals surface area contributed by atoms with Crippen LogP contribution >= 0.6 is 0 Å². The monoisotopic (exact) mass is 556 g/mol. The number of rotatable bonds is 8. The standard InChI is InChI=1S/C32H33FN4O4/c1-4-25(21-6-8-28(23(13-21)16-34)36-12-10-24(33)18-36)31-27(35-2)15-30(41-31)26-7-5-22(14-29(26)40-3)32(39)37-11-9-20(17-37)19-38/h4-8,13-15,20,24,38H,2,9-12,17-19H2,1,3H3/b25-4-/t20?,24-/m0/s1. The van der Waals surface area contributed by atoms with Crippen LogP contribution in [0, 0.1) is 17.2 Å². The first-order chi connectivity index (χ1) is 19.9. The van der Waals surface area contributed by atoms with E-state index < -0.39 is 6.17 Å². The van der Waals surface area contributed by atoms with Gasteiger partial charge in [-0.25, -0.2) is 4.39 Å². The molecular formula is C32H33FN4O4. The van der Waals surface area contributed by atoms with E-state index in [-0.39, 0.29) is 25.0 Å². The minimum atomic E-state index is -0.891. The zero-order chi connectivity index (χ0) is 29.1. The minimum Gasteiger partial charge on any atom is -0.496 e. The Labute approximate surface area is 239 Å². The lowest BCUT2D eigenvalue weighted by atomic mass is 9.99. The molecule has 0 saturated carbocycles. The summed E-state index contributed by atoms with van der Waals surface area (Å²) in [6.07, 6.45) is 2.23. The summed E-state index contributed by atoms with van der Waals surface area (Å²) in [5.41, 5.74) is 4.32. The number of methoxy groups -OCH3 is 1. The second-order valence-corrected chi connectivity index (χ2v) is 10.4. The molecular weight excluding hydrogens is 523 g/mol. The first-order valence-electron chi connectivity index (χ1n) is 13.7. The highest BCUT2D eigenvalue weighted by Gasteiger charge is 2.28. The molecule has 2 aliphatic heterocycles. The SMILES string of the molecule is C=Nc1cc(-c2ccc(C(=O)N3CCC(CO)C3)cc2OC)oc1/C(=C\C)c1ccc(N2CC[C@H](F)C2)c(C#N)c1. The Kier molecular flexibility index (Phi) is 8.22. The highest BCUT2D eigenvalue weighted by Crippen LogP contribution is 2.41. The van der Waals surface area contributed by atoms with Crippen molar-refractivity contribution in [1.82, 2.24) is 4.90 Å². The smallest absolute Gasteiger partial charge is 0.253 e. The van der Waals surface area contributed by atoms with Crippen molar-refractivity contribution in [2.45, 2.75) is 25.9 Å². The number of aliphatic hydroxyl groups is 1. The van der Waals surface area contributed by atoms with Crippen LogP contribution in [0.1, 0.15) is 47.0 Å². The van der Waals surface area contributed by atoms with Gasteiger partial charge in [0.15, 0.2) is 5.76 Å². The average molecular weight is 557 g/mol. The number of benzene rings is 2. The van der Waals surface area contributed by atoms with Crippen LogP contribution in [0.3, 0.4) is 0 Å². The van der Waals surface area contributed by atoms with E-state index in [1.54, 1.807) is 35.2 Å². The van der Waals surface area contributed by atoms with E-state index in [0.717, 1.165) is 17.6 Å². The summed E-state index contributed by atoms with van der Waals surface area (Å²) in [5.74, 6) is 1.44. The fourth-order valence-corrected chi connectivity index (χ4v) is 5.64. The molecule has 212 valence electrons. The zero-order valence-electron chi connectivity index (χ0n) is 23.3. The molecule has 2 aliphatic rings. The number of hydrogen-bond donors (Lipinski definition) is 1. The molecule has 0 aliphatic carbocycles. The summed E-state index contributed by atoms with van der Waals surface area (Å²) in [4.78, 5) is 20.9. The lowest BCUT2D eigenvalue weighted by molar-refractivity contribution is 0.0781. The third kappa shape index (κ3) is 5.48. The molecule has 9 heteroatoms. The third-order valence-corrected chi connectivity index (χ3v) is 7.86. The molecule has 3 heterocycles. The third-order valence-electron chi connectivity index (χ3n) is 7.86. The lowest BCUT2D eigenvalue weighted by Crippen LogP contribution is -2.29. The maximum absolute atomic E-state index is 13.8. The summed E-state index contributed by atoms with van der Waals surface area (Å²) in [6, 6.07) is 14.8. The van der Waals surface area contributed by atoms with Gasteiger partial charge in [0.1, 0.15) is 29.4 Å². The highest BCUT2D eigenvalue weighted by molar-refractivity contribution is 5.96. The van der Waals surface area contributed by atoms with Crippen molar-refractivity contribution in [2.24, 2.45) is 10.9 Å². The predicted molar refractivity (Wildman–Crippen MR) is 157 cm³/mol. The normalized spacial score (nSPS) is 19.0. The summed E-state index contributed by atoms with van der Waals surface area (Å²) in [6.45, 7) is 7.67. The van der Waals surface area contributed by atoms with Gasteiger partial charge in [-0.15, -0.1) is 0 Å². The Morgan fingerprint density at radius 1 is 1.22 bits per heavy atom. The van der Waals surface area contributed by atoms with Gasteiger partial charge in [-0.3, -0.25) is 9.79 Å². The molecule has 41 heavy (non-hydrogen) atoms. The number of likely N-dealkylation sites (tertiary alicyclic amines) is 1. The van der Waals surface area contributed by atoms with Gasteiger partial charge in [-0.05, 0) is 62.4 Å². The number of hydrogen-bond acceptors (Lipinski definition) is 7. The quantitative estimate of drug-likeness (QED) is 0.362. The van der Waals surface area contributed by atoms with Crippen LogP contribution in [0.2, 0.25) is 0 Å². The van der Waals surface area contributed by atoms with Crippen molar-refractivity contribution >= 4 is 29.6 Å². The molecule has 0 radical (unpaired) electrons. The molecule has 2 atom stereocenters. The number of nitrogens with zero attached hydrogens (tertiary/aromatic N) is 4. The number of halogens is 1. The molecule has 0 spiro atoms. The number of furan rings is 1. The van der Waals surface area contributed by atoms with E-state index >= 15 is 0 Å². The van der Waals surface area contributed by atoms with Crippen LogP contribution in [0.25, 0.3) is 16.9 Å². The molecule has 0 bridgehead atoms. The van der Waals surface area contributed by atoms with E-state index in [9.17, 15) is 19.6 Å². The van der Waals surface area contributed by atoms with Gasteiger partial charge in [-0.1, -0.05) is 12.1 Å². The number of allylic oxidation sites excluding steroid dienone is 1. The average Bonchev–Trinajstić information content (AvgIpc) is 3.76. The molecule has 1 N–H and O–H groups in total. The molecule has 2 aromatic carbocycles. The van der Waals surface area contributed by atoms with Crippen LogP contribution in [0.15, 0.2) is 58.0 Å². The lowest BCUT2D eigenvalue weighted by Gasteiger charge is -2.20. The maximum atomic E-state index is 13.8. The largest absolute Gasteiger partial charge is 0.496 e. The molecule has 2 fully saturated rings. The number of carbonyl (C=O) groups excluding carboxylic acids is 1. The van der Waals surface area contributed by atoms with Gasteiger partial charge in [0.2, 0.25) is 0 Å². The molecule has 5 rings (SSSR count). The van der Waals surface area contributed by atoms with E-state index in [0.29, 0.717) is 71.4 Å². The summed E-state index contributed by atoms with van der Waals surface area (Å²) in [5, 5.41) is 19.3. The number of carbonyl (C=O) groups is 1. The van der Waals surface area contributed by atoms with Crippen molar-refractivity contribution in [3.8, 4) is 23.1 Å². The van der Waals surface area contributed by atoms with Gasteiger partial charge in [0, 0.05) is 55.9 Å². The number of nitriles is 1. The topological polar surface area (TPSA) is 102 Å². The molecule has 8 nitrogen and oxygen atoms in total. The fourth-order valence-electron chi connectivity index (χ4n) is 5.64. The molecule has 1 unspecified atom stereocenters. The van der Waals surface area contributed by atoms with Gasteiger partial charge in [0.05, 0.1) is 23.9 Å². The van der Waals surface area contributed by atoms with Gasteiger partial charge < -0.3 is 24.1 Å². The van der Waals surface area contributed by atoms with Crippen molar-refractivity contribution in [1.29, 1.82) is 5.26 Å². The number of ether oxygens (including phenoxy) is 1. The Bertz CT molecular complexity index is 1540. The van der Waals surface area contributed by atoms with E-state index in [1.807, 2.05) is 30.0 Å². The molecule has 3 aromatic rings. The number of aliphatic hydroxyl groups excluding tert-OH is 1. The second kappa shape index (κ2) is 12.0. The second-order valence-electron chi connectivity index (χ2n) is 10.4. The van der Waals surface area contributed by atoms with Crippen LogP contribution in [0.5, 0.6) is 5.75 Å². The van der Waals surface area contributed by atoms with Crippen LogP contribution in [-0.2, 0) is 0 Å².